The highest BCUT2D eigenvalue weighted by Crippen LogP contribution is 2.61. The summed E-state index contributed by atoms with van der Waals surface area (Å²) in [6.45, 7) is 0. The molecule has 2 aromatic heterocycles. The first kappa shape index (κ1) is 42.5. The minimum absolute atomic E-state index is 0.525. The van der Waals surface area contributed by atoms with Gasteiger partial charge in [-0.1, -0.05) is 212 Å². The third-order valence-electron chi connectivity index (χ3n) is 16.4. The molecule has 3 heteroatoms. The average molecular weight is 967 g/mol. The molecule has 3 heterocycles. The molecule has 1 spiro atoms. The highest BCUT2D eigenvalue weighted by atomic mass is 16.3. The lowest BCUT2D eigenvalue weighted by Gasteiger charge is -2.39. The van der Waals surface area contributed by atoms with E-state index in [9.17, 15) is 0 Å². The zero-order valence-electron chi connectivity index (χ0n) is 41.4. The van der Waals surface area contributed by atoms with Gasteiger partial charge in [0.1, 0.15) is 11.2 Å². The molecular weight excluding hydrogens is 921 g/mol. The van der Waals surface area contributed by atoms with E-state index in [1.807, 2.05) is 12.1 Å². The maximum atomic E-state index is 6.21. The Balaban J connectivity index is 0.849. The molecule has 1 aliphatic heterocycles. The number of hydrogen-bond acceptors (Lipinski definition) is 2. The summed E-state index contributed by atoms with van der Waals surface area (Å²) in [7, 11) is 0. The normalized spacial score (nSPS) is 14.1. The Morgan fingerprint density at radius 2 is 0.855 bits per heavy atom. The topological polar surface area (TPSA) is 21.3 Å². The fourth-order valence-corrected chi connectivity index (χ4v) is 13.2. The van der Waals surface area contributed by atoms with Crippen LogP contribution in [0.25, 0.3) is 105 Å². The van der Waals surface area contributed by atoms with E-state index in [4.69, 9.17) is 4.42 Å². The molecule has 0 fully saturated rings. The molecule has 0 radical (unpaired) electrons. The van der Waals surface area contributed by atoms with Crippen molar-refractivity contribution in [2.75, 3.05) is 4.90 Å². The van der Waals surface area contributed by atoms with Gasteiger partial charge < -0.3 is 13.9 Å². The molecular formula is C73H46N2O. The minimum atomic E-state index is -0.525. The zero-order chi connectivity index (χ0) is 49.9. The molecule has 12 aromatic carbocycles. The van der Waals surface area contributed by atoms with E-state index in [1.54, 1.807) is 0 Å². The predicted octanol–water partition coefficient (Wildman–Crippen LogP) is 19.5. The molecule has 0 N–H and O–H groups in total. The second-order valence-corrected chi connectivity index (χ2v) is 20.3. The number of nitrogens with zero attached hydrogens (tertiary/aromatic N) is 2. The molecule has 0 saturated carbocycles. The summed E-state index contributed by atoms with van der Waals surface area (Å²) in [5.41, 5.74) is 25.5. The van der Waals surface area contributed by atoms with E-state index < -0.39 is 5.41 Å². The fraction of sp³-hybridized carbons (Fsp3) is 0.0137. The average Bonchev–Trinajstić information content (AvgIpc) is 4.34. The van der Waals surface area contributed by atoms with Gasteiger partial charge in [0.05, 0.1) is 27.8 Å². The number of rotatable bonds is 7. The van der Waals surface area contributed by atoms with Gasteiger partial charge >= 0.3 is 0 Å². The molecule has 354 valence electrons. The lowest BCUT2D eigenvalue weighted by molar-refractivity contribution is 0.669. The number of aromatic nitrogens is 1. The van der Waals surface area contributed by atoms with Gasteiger partial charge in [-0.15, -0.1) is 0 Å². The van der Waals surface area contributed by atoms with E-state index in [-0.39, 0.29) is 0 Å². The van der Waals surface area contributed by atoms with Gasteiger partial charge in [0.2, 0.25) is 0 Å². The number of furan rings is 1. The standard InChI is InChI=1S/C73H46N2O/c1-2-17-49(18-3-1)54-19-4-5-20-55(54)58-22-7-12-29-67(58)74(52-39-33-47(34-40-52)50-38-44-71-62(45-50)60-24-9-15-32-70(60)76-71)53-41-35-48(36-42-53)51-37-43-57-56-21-6-10-26-63(56)73(66(57)46-51)64-27-11-14-31-69(64)75-68-30-13-8-23-59(68)61-25-16-28-65(73)72(61)75/h1-46H. The quantitative estimate of drug-likeness (QED) is 0.159. The first-order valence-electron chi connectivity index (χ1n) is 26.2. The van der Waals surface area contributed by atoms with Crippen LogP contribution in [0.5, 0.6) is 0 Å². The van der Waals surface area contributed by atoms with Gasteiger partial charge in [0, 0.05) is 38.5 Å². The Kier molecular flexibility index (Phi) is 9.25. The van der Waals surface area contributed by atoms with E-state index >= 15 is 0 Å². The van der Waals surface area contributed by atoms with Crippen LogP contribution in [-0.2, 0) is 5.41 Å². The molecule has 1 unspecified atom stereocenters. The summed E-state index contributed by atoms with van der Waals surface area (Å²) < 4.78 is 8.73. The second-order valence-electron chi connectivity index (χ2n) is 20.3. The number of hydrogen-bond donors (Lipinski definition) is 0. The van der Waals surface area contributed by atoms with Crippen LogP contribution >= 0.6 is 0 Å². The van der Waals surface area contributed by atoms with Crippen molar-refractivity contribution in [2.24, 2.45) is 0 Å². The maximum Gasteiger partial charge on any atom is 0.135 e. The molecule has 2 aliphatic rings. The van der Waals surface area contributed by atoms with Crippen LogP contribution in [0.3, 0.4) is 0 Å². The molecule has 16 rings (SSSR count). The van der Waals surface area contributed by atoms with Gasteiger partial charge in [-0.25, -0.2) is 0 Å². The number of fused-ring (bicyclic) bond motifs is 15. The zero-order valence-corrected chi connectivity index (χ0v) is 41.4. The van der Waals surface area contributed by atoms with Crippen molar-refractivity contribution in [2.45, 2.75) is 5.41 Å². The smallest absolute Gasteiger partial charge is 0.135 e. The van der Waals surface area contributed by atoms with Gasteiger partial charge in [-0.05, 0) is 139 Å². The van der Waals surface area contributed by atoms with Gasteiger partial charge in [0.25, 0.3) is 0 Å². The molecule has 76 heavy (non-hydrogen) atoms. The predicted molar refractivity (Wildman–Crippen MR) is 315 cm³/mol. The number of anilines is 3. The molecule has 0 amide bonds. The Bertz CT molecular complexity index is 4640. The highest BCUT2D eigenvalue weighted by Gasteiger charge is 2.50. The minimum Gasteiger partial charge on any atom is -0.456 e. The van der Waals surface area contributed by atoms with Crippen LogP contribution in [0.2, 0.25) is 0 Å². The van der Waals surface area contributed by atoms with Gasteiger partial charge in [-0.2, -0.15) is 0 Å². The molecule has 0 bridgehead atoms. The van der Waals surface area contributed by atoms with Crippen LogP contribution in [0.4, 0.5) is 17.1 Å². The van der Waals surface area contributed by atoms with Crippen molar-refractivity contribution < 1.29 is 4.42 Å². The molecule has 3 nitrogen and oxygen atoms in total. The summed E-state index contributed by atoms with van der Waals surface area (Å²) in [5.74, 6) is 0. The molecule has 0 saturated heterocycles. The Labute approximate surface area is 440 Å². The fourth-order valence-electron chi connectivity index (χ4n) is 13.2. The summed E-state index contributed by atoms with van der Waals surface area (Å²) in [4.78, 5) is 2.42. The van der Waals surface area contributed by atoms with Crippen molar-refractivity contribution in [1.29, 1.82) is 0 Å². The van der Waals surface area contributed by atoms with Crippen LogP contribution < -0.4 is 4.90 Å². The Morgan fingerprint density at radius 1 is 0.303 bits per heavy atom. The van der Waals surface area contributed by atoms with Crippen molar-refractivity contribution in [3.05, 3.63) is 301 Å². The van der Waals surface area contributed by atoms with Crippen LogP contribution in [0.15, 0.2) is 283 Å². The first-order chi connectivity index (χ1) is 37.7. The molecule has 14 aromatic rings. The van der Waals surface area contributed by atoms with Crippen LogP contribution in [0.1, 0.15) is 22.3 Å². The lowest BCUT2D eigenvalue weighted by atomic mass is 9.65. The summed E-state index contributed by atoms with van der Waals surface area (Å²) >= 11 is 0. The molecule has 1 atom stereocenters. The van der Waals surface area contributed by atoms with Crippen molar-refractivity contribution in [3.8, 4) is 61.3 Å². The Hall–Kier alpha value is -9.96. The van der Waals surface area contributed by atoms with E-state index in [1.165, 1.54) is 83.1 Å². The van der Waals surface area contributed by atoms with Gasteiger partial charge in [-0.3, -0.25) is 0 Å². The van der Waals surface area contributed by atoms with Crippen LogP contribution in [-0.4, -0.2) is 4.57 Å². The lowest BCUT2D eigenvalue weighted by Crippen LogP contribution is -2.33. The van der Waals surface area contributed by atoms with Gasteiger partial charge in [0.15, 0.2) is 0 Å². The van der Waals surface area contributed by atoms with Crippen LogP contribution in [0, 0.1) is 0 Å². The number of benzene rings is 12. The third-order valence-corrected chi connectivity index (χ3v) is 16.4. The molecule has 1 aliphatic carbocycles. The van der Waals surface area contributed by atoms with Crippen molar-refractivity contribution >= 4 is 60.8 Å². The van der Waals surface area contributed by atoms with Crippen molar-refractivity contribution in [3.63, 3.8) is 0 Å². The summed E-state index contributed by atoms with van der Waals surface area (Å²) in [6.07, 6.45) is 0. The first-order valence-corrected chi connectivity index (χ1v) is 26.2. The largest absolute Gasteiger partial charge is 0.456 e. The summed E-state index contributed by atoms with van der Waals surface area (Å²) in [5, 5.41) is 4.82. The third kappa shape index (κ3) is 6.11. The second kappa shape index (κ2) is 16.5. The monoisotopic (exact) mass is 966 g/mol. The summed E-state index contributed by atoms with van der Waals surface area (Å²) in [6, 6.07) is 103. The van der Waals surface area contributed by atoms with E-state index in [2.05, 4.69) is 276 Å². The highest BCUT2D eigenvalue weighted by molar-refractivity contribution is 6.13. The maximum absolute atomic E-state index is 6.21. The van der Waals surface area contributed by atoms with E-state index in [0.29, 0.717) is 0 Å². The SMILES string of the molecule is c1ccc(-c2ccccc2-c2ccccc2N(c2ccc(-c3ccc4c(c3)C3(c5ccccc5-4)c4ccccc4-n4c5ccccc5c5cccc3c54)cc2)c2ccc(-c3ccc4oc5ccccc5c4c3)cc2)cc1. The number of para-hydroxylation sites is 5. The Morgan fingerprint density at radius 3 is 1.66 bits per heavy atom. The van der Waals surface area contributed by atoms with Crippen molar-refractivity contribution in [1.82, 2.24) is 4.57 Å². The van der Waals surface area contributed by atoms with E-state index in [0.717, 1.165) is 61.3 Å².